The Labute approximate surface area is 233 Å². The first-order chi connectivity index (χ1) is 17.9. The Kier molecular flexibility index (Phi) is 21.8. The number of unbranched alkanes of at least 4 members (excludes halogenated alkanes) is 4. The molecule has 2 aromatic rings. The molecule has 0 atom stereocenters. The predicted molar refractivity (Wildman–Crippen MR) is 165 cm³/mol. The minimum atomic E-state index is 0. The average molecular weight is 535 g/mol. The van der Waals surface area contributed by atoms with E-state index in [2.05, 4.69) is 68.3 Å². The maximum Gasteiger partial charge on any atom is 0.0211 e. The van der Waals surface area contributed by atoms with Gasteiger partial charge in [-0.25, -0.2) is 0 Å². The molecule has 0 saturated carbocycles. The second-order valence-electron chi connectivity index (χ2n) is 9.82. The first-order valence-corrected chi connectivity index (χ1v) is 14.5. The molecule has 0 aromatic heterocycles. The van der Waals surface area contributed by atoms with E-state index in [9.17, 15) is 0 Å². The van der Waals surface area contributed by atoms with Crippen LogP contribution in [0.3, 0.4) is 0 Å². The lowest BCUT2D eigenvalue weighted by atomic mass is 9.99. The molecule has 0 bridgehead atoms. The van der Waals surface area contributed by atoms with E-state index in [4.69, 9.17) is 0 Å². The fourth-order valence-corrected chi connectivity index (χ4v) is 4.53. The molecule has 0 spiro atoms. The summed E-state index contributed by atoms with van der Waals surface area (Å²) in [7, 11) is 4.04. The number of hydrogen-bond acceptors (Lipinski definition) is 6. The zero-order valence-corrected chi connectivity index (χ0v) is 24.4. The lowest BCUT2D eigenvalue weighted by Gasteiger charge is -2.13. The van der Waals surface area contributed by atoms with Crippen LogP contribution in [0.2, 0.25) is 0 Å². The fourth-order valence-electron chi connectivity index (χ4n) is 4.53. The van der Waals surface area contributed by atoms with Crippen molar-refractivity contribution in [3.63, 3.8) is 0 Å². The largest absolute Gasteiger partial charge is 0.320 e. The lowest BCUT2D eigenvalue weighted by molar-refractivity contribution is 0.561. The Morgan fingerprint density at radius 3 is 1.11 bits per heavy atom. The van der Waals surface area contributed by atoms with Crippen LogP contribution in [0.15, 0.2) is 36.4 Å². The van der Waals surface area contributed by atoms with Gasteiger partial charge in [-0.15, -0.1) is 12.4 Å². The topological polar surface area (TPSA) is 72.2 Å². The Morgan fingerprint density at radius 2 is 0.757 bits per heavy atom. The first kappa shape index (κ1) is 33.8. The first-order valence-electron chi connectivity index (χ1n) is 14.5. The number of rotatable bonds is 24. The van der Waals surface area contributed by atoms with Crippen molar-refractivity contribution in [2.75, 3.05) is 66.5 Å². The second kappa shape index (κ2) is 23.8. The van der Waals surface area contributed by atoms with E-state index in [1.807, 2.05) is 14.1 Å². The second-order valence-corrected chi connectivity index (χ2v) is 9.82. The summed E-state index contributed by atoms with van der Waals surface area (Å²) in [4.78, 5) is 0. The summed E-state index contributed by atoms with van der Waals surface area (Å²) in [6.07, 6.45) is 9.92. The third kappa shape index (κ3) is 15.7. The van der Waals surface area contributed by atoms with Gasteiger partial charge in [-0.2, -0.15) is 0 Å². The zero-order chi connectivity index (χ0) is 25.5. The molecule has 2 aromatic carbocycles. The molecule has 6 N–H and O–H groups in total. The van der Waals surface area contributed by atoms with Crippen LogP contribution in [0.5, 0.6) is 0 Å². The Morgan fingerprint density at radius 1 is 0.432 bits per heavy atom. The molecule has 0 aliphatic rings. The van der Waals surface area contributed by atoms with E-state index >= 15 is 0 Å². The lowest BCUT2D eigenvalue weighted by Crippen LogP contribution is -2.21. The number of fused-ring (bicyclic) bond motifs is 1. The van der Waals surface area contributed by atoms with E-state index in [-0.39, 0.29) is 12.4 Å². The summed E-state index contributed by atoms with van der Waals surface area (Å²) in [6.45, 7) is 10.8. The van der Waals surface area contributed by atoms with Gasteiger partial charge in [0.05, 0.1) is 0 Å². The molecule has 0 aliphatic carbocycles. The van der Waals surface area contributed by atoms with Crippen LogP contribution >= 0.6 is 12.4 Å². The van der Waals surface area contributed by atoms with E-state index in [1.165, 1.54) is 73.3 Å². The average Bonchev–Trinajstić information content (AvgIpc) is 2.91. The summed E-state index contributed by atoms with van der Waals surface area (Å²) >= 11 is 0. The quantitative estimate of drug-likeness (QED) is 0.114. The van der Waals surface area contributed by atoms with Crippen molar-refractivity contribution in [3.05, 3.63) is 47.5 Å². The Bertz CT molecular complexity index is 723. The molecule has 37 heavy (non-hydrogen) atoms. The highest BCUT2D eigenvalue weighted by molar-refractivity contribution is 5.88. The monoisotopic (exact) mass is 534 g/mol. The minimum Gasteiger partial charge on any atom is -0.320 e. The molecule has 2 rings (SSSR count). The molecule has 212 valence electrons. The zero-order valence-electron chi connectivity index (χ0n) is 23.6. The molecular weight excluding hydrogens is 480 g/mol. The van der Waals surface area contributed by atoms with Crippen molar-refractivity contribution in [2.24, 2.45) is 0 Å². The highest BCUT2D eigenvalue weighted by Crippen LogP contribution is 2.23. The van der Waals surface area contributed by atoms with Crippen LogP contribution in [0.25, 0.3) is 10.8 Å². The Hall–Kier alpha value is -1.25. The van der Waals surface area contributed by atoms with Crippen molar-refractivity contribution in [1.29, 1.82) is 0 Å². The fraction of sp³-hybridized carbons (Fsp3) is 0.667. The van der Waals surface area contributed by atoms with Gasteiger partial charge in [-0.1, -0.05) is 36.4 Å². The molecule has 0 amide bonds. The number of halogens is 1. The van der Waals surface area contributed by atoms with E-state index < -0.39 is 0 Å². The third-order valence-electron chi connectivity index (χ3n) is 6.71. The molecular formula is C30H55ClN6. The van der Waals surface area contributed by atoms with Crippen LogP contribution in [0, 0.1) is 0 Å². The molecule has 0 unspecified atom stereocenters. The van der Waals surface area contributed by atoms with Crippen molar-refractivity contribution < 1.29 is 0 Å². The van der Waals surface area contributed by atoms with Crippen LogP contribution in [0.1, 0.15) is 62.5 Å². The van der Waals surface area contributed by atoms with Gasteiger partial charge in [0.1, 0.15) is 0 Å². The van der Waals surface area contributed by atoms with Crippen molar-refractivity contribution in [3.8, 4) is 0 Å². The van der Waals surface area contributed by atoms with Gasteiger partial charge in [0, 0.05) is 13.1 Å². The molecule has 0 saturated heterocycles. The van der Waals surface area contributed by atoms with E-state index in [1.54, 1.807) is 0 Å². The van der Waals surface area contributed by atoms with Gasteiger partial charge >= 0.3 is 0 Å². The molecule has 0 heterocycles. The van der Waals surface area contributed by atoms with Gasteiger partial charge in [0.25, 0.3) is 0 Å². The molecule has 0 aliphatic heterocycles. The number of hydrogen-bond donors (Lipinski definition) is 6. The molecule has 0 radical (unpaired) electrons. The van der Waals surface area contributed by atoms with E-state index in [0.717, 1.165) is 65.4 Å². The van der Waals surface area contributed by atoms with Crippen molar-refractivity contribution in [1.82, 2.24) is 31.9 Å². The van der Waals surface area contributed by atoms with Gasteiger partial charge in [-0.05, 0) is 140 Å². The smallest absolute Gasteiger partial charge is 0.0211 e. The summed E-state index contributed by atoms with van der Waals surface area (Å²) in [5, 5.41) is 23.6. The maximum atomic E-state index is 3.66. The highest BCUT2D eigenvalue weighted by atomic mass is 35.5. The SMILES string of the molecule is CNCCCCNCCCCNCc1ccc(CNCCCCNCCCCNC)c2ccccc12.Cl. The van der Waals surface area contributed by atoms with Crippen LogP contribution in [0.4, 0.5) is 0 Å². The standard InChI is InChI=1S/C30H54N6.ClH/c1-31-17-5-7-19-33-21-9-11-23-35-25-27-15-16-28(30-14-4-3-13-29(27)30)26-36-24-12-10-22-34-20-8-6-18-32-2;/h3-4,13-16,31-36H,5-12,17-26H2,1-2H3;1H. The van der Waals surface area contributed by atoms with Gasteiger partial charge in [0.15, 0.2) is 0 Å². The van der Waals surface area contributed by atoms with Crippen LogP contribution < -0.4 is 31.9 Å². The van der Waals surface area contributed by atoms with Gasteiger partial charge in [-0.3, -0.25) is 0 Å². The number of benzene rings is 2. The molecule has 6 nitrogen and oxygen atoms in total. The van der Waals surface area contributed by atoms with Crippen LogP contribution in [-0.2, 0) is 13.1 Å². The van der Waals surface area contributed by atoms with Crippen molar-refractivity contribution in [2.45, 2.75) is 64.5 Å². The van der Waals surface area contributed by atoms with Crippen LogP contribution in [-0.4, -0.2) is 66.5 Å². The summed E-state index contributed by atoms with van der Waals surface area (Å²) in [6, 6.07) is 13.5. The normalized spacial score (nSPS) is 11.2. The summed E-state index contributed by atoms with van der Waals surface area (Å²) in [5.74, 6) is 0. The van der Waals surface area contributed by atoms with Crippen molar-refractivity contribution >= 4 is 23.2 Å². The summed E-state index contributed by atoms with van der Waals surface area (Å²) in [5.41, 5.74) is 2.80. The van der Waals surface area contributed by atoms with E-state index in [0.29, 0.717) is 0 Å². The summed E-state index contributed by atoms with van der Waals surface area (Å²) < 4.78 is 0. The predicted octanol–water partition coefficient (Wildman–Crippen LogP) is 4.18. The van der Waals surface area contributed by atoms with Gasteiger partial charge < -0.3 is 31.9 Å². The Balaban J connectivity index is 0.00000684. The number of nitrogens with one attached hydrogen (secondary N) is 6. The highest BCUT2D eigenvalue weighted by Gasteiger charge is 2.05. The minimum absolute atomic E-state index is 0. The molecule has 0 fully saturated rings. The third-order valence-corrected chi connectivity index (χ3v) is 6.71. The maximum absolute atomic E-state index is 3.66. The molecule has 7 heteroatoms. The van der Waals surface area contributed by atoms with Gasteiger partial charge in [0.2, 0.25) is 0 Å².